The summed E-state index contributed by atoms with van der Waals surface area (Å²) in [5, 5.41) is 0. The molecule has 1 aromatic heterocycles. The van der Waals surface area contributed by atoms with Gasteiger partial charge in [-0.15, -0.1) is 0 Å². The van der Waals surface area contributed by atoms with Gasteiger partial charge in [0.15, 0.2) is 5.82 Å². The van der Waals surface area contributed by atoms with Crippen LogP contribution in [0.3, 0.4) is 0 Å². The first-order valence-electron chi connectivity index (χ1n) is 14.7. The highest BCUT2D eigenvalue weighted by Crippen LogP contribution is 2.39. The van der Waals surface area contributed by atoms with E-state index in [9.17, 15) is 13.2 Å². The first-order chi connectivity index (χ1) is 20.6. The van der Waals surface area contributed by atoms with E-state index in [2.05, 4.69) is 105 Å². The summed E-state index contributed by atoms with van der Waals surface area (Å²) in [7, 11) is 0. The number of aryl methyl sites for hydroxylation is 1. The minimum atomic E-state index is -4.51. The molecule has 6 heteroatoms. The van der Waals surface area contributed by atoms with E-state index in [0.29, 0.717) is 11.3 Å². The zero-order valence-electron chi connectivity index (χ0n) is 26.3. The summed E-state index contributed by atoms with van der Waals surface area (Å²) in [6.45, 7) is 14.8. The van der Waals surface area contributed by atoms with Crippen LogP contribution in [0.4, 0.5) is 30.2 Å². The molecule has 0 bridgehead atoms. The SMILES string of the molecule is Cc1ccc(-c2nccc(-c3ccc(N(c4ccc(C(C)(C)C)cc4)c4ccc(C(C)(C)C)cc4)cc3)n2)c(C(F)(F)F)c1. The van der Waals surface area contributed by atoms with Crippen molar-refractivity contribution in [1.29, 1.82) is 0 Å². The molecule has 44 heavy (non-hydrogen) atoms. The Hall–Kier alpha value is -4.45. The highest BCUT2D eigenvalue weighted by Gasteiger charge is 2.34. The molecule has 0 amide bonds. The Balaban J connectivity index is 1.53. The van der Waals surface area contributed by atoms with Gasteiger partial charge in [0.05, 0.1) is 11.3 Å². The van der Waals surface area contributed by atoms with Gasteiger partial charge in [0.1, 0.15) is 0 Å². The predicted octanol–water partition coefficient (Wildman–Crippen LogP) is 11.2. The monoisotopic (exact) mass is 593 g/mol. The lowest BCUT2D eigenvalue weighted by Crippen LogP contribution is -2.14. The van der Waals surface area contributed by atoms with Gasteiger partial charge in [0.25, 0.3) is 0 Å². The van der Waals surface area contributed by atoms with E-state index in [-0.39, 0.29) is 22.2 Å². The maximum absolute atomic E-state index is 13.8. The van der Waals surface area contributed by atoms with Gasteiger partial charge in [-0.3, -0.25) is 0 Å². The van der Waals surface area contributed by atoms with Crippen LogP contribution in [0.15, 0.2) is 103 Å². The molecular weight excluding hydrogens is 555 g/mol. The van der Waals surface area contributed by atoms with Gasteiger partial charge in [-0.25, -0.2) is 9.97 Å². The minimum absolute atomic E-state index is 0.0369. The fourth-order valence-corrected chi connectivity index (χ4v) is 5.19. The first-order valence-corrected chi connectivity index (χ1v) is 14.7. The fraction of sp³-hybridized carbons (Fsp3) is 0.263. The zero-order valence-corrected chi connectivity index (χ0v) is 26.3. The Morgan fingerprint density at radius 2 is 1.07 bits per heavy atom. The Bertz CT molecular complexity index is 1680. The molecular formula is C38H38F3N3. The largest absolute Gasteiger partial charge is 0.417 e. The van der Waals surface area contributed by atoms with Crippen LogP contribution in [0, 0.1) is 6.92 Å². The van der Waals surface area contributed by atoms with Crippen molar-refractivity contribution in [2.45, 2.75) is 65.5 Å². The van der Waals surface area contributed by atoms with Crippen LogP contribution in [0.1, 0.15) is 63.8 Å². The number of hydrogen-bond acceptors (Lipinski definition) is 3. The molecule has 0 aliphatic heterocycles. The van der Waals surface area contributed by atoms with Crippen LogP contribution in [0.2, 0.25) is 0 Å². The number of benzene rings is 4. The van der Waals surface area contributed by atoms with Gasteiger partial charge >= 0.3 is 6.18 Å². The molecule has 0 aliphatic carbocycles. The summed E-state index contributed by atoms with van der Waals surface area (Å²) in [4.78, 5) is 10.9. The molecule has 1 heterocycles. The first kappa shape index (κ1) is 31.0. The fourth-order valence-electron chi connectivity index (χ4n) is 5.19. The second-order valence-electron chi connectivity index (χ2n) is 13.3. The van der Waals surface area contributed by atoms with Gasteiger partial charge in [-0.05, 0) is 77.4 Å². The average molecular weight is 594 g/mol. The smallest absolute Gasteiger partial charge is 0.311 e. The van der Waals surface area contributed by atoms with Gasteiger partial charge in [-0.1, -0.05) is 95.6 Å². The van der Waals surface area contributed by atoms with Crippen molar-refractivity contribution in [3.05, 3.63) is 126 Å². The summed E-state index contributed by atoms with van der Waals surface area (Å²) < 4.78 is 41.5. The van der Waals surface area contributed by atoms with Crippen LogP contribution in [-0.4, -0.2) is 9.97 Å². The topological polar surface area (TPSA) is 29.0 Å². The van der Waals surface area contributed by atoms with Gasteiger partial charge in [-0.2, -0.15) is 13.2 Å². The molecule has 5 aromatic rings. The quantitative estimate of drug-likeness (QED) is 0.203. The molecule has 4 aromatic carbocycles. The molecule has 0 spiro atoms. The molecule has 5 rings (SSSR count). The van der Waals surface area contributed by atoms with Gasteiger partial charge in [0.2, 0.25) is 0 Å². The van der Waals surface area contributed by atoms with Crippen molar-refractivity contribution >= 4 is 17.1 Å². The van der Waals surface area contributed by atoms with Crippen molar-refractivity contribution in [1.82, 2.24) is 9.97 Å². The number of alkyl halides is 3. The summed E-state index contributed by atoms with van der Waals surface area (Å²) in [5.41, 5.74) is 6.66. The second-order valence-corrected chi connectivity index (χ2v) is 13.3. The normalized spacial score (nSPS) is 12.3. The minimum Gasteiger partial charge on any atom is -0.311 e. The van der Waals surface area contributed by atoms with Crippen molar-refractivity contribution < 1.29 is 13.2 Å². The third-order valence-electron chi connectivity index (χ3n) is 7.78. The summed E-state index contributed by atoms with van der Waals surface area (Å²) >= 11 is 0. The lowest BCUT2D eigenvalue weighted by Gasteiger charge is -2.28. The third-order valence-corrected chi connectivity index (χ3v) is 7.78. The van der Waals surface area contributed by atoms with Gasteiger partial charge < -0.3 is 4.90 Å². The maximum Gasteiger partial charge on any atom is 0.417 e. The number of halogens is 3. The van der Waals surface area contributed by atoms with E-state index in [4.69, 9.17) is 0 Å². The van der Waals surface area contributed by atoms with Crippen molar-refractivity contribution in [3.8, 4) is 22.6 Å². The molecule has 0 N–H and O–H groups in total. The van der Waals surface area contributed by atoms with E-state index < -0.39 is 11.7 Å². The van der Waals surface area contributed by atoms with Gasteiger partial charge in [0, 0.05) is 34.4 Å². The highest BCUT2D eigenvalue weighted by molar-refractivity contribution is 5.78. The average Bonchev–Trinajstić information content (AvgIpc) is 2.97. The van der Waals surface area contributed by atoms with Crippen molar-refractivity contribution in [2.75, 3.05) is 4.90 Å². The Morgan fingerprint density at radius 3 is 1.52 bits per heavy atom. The van der Waals surface area contributed by atoms with Crippen LogP contribution in [0.5, 0.6) is 0 Å². The highest BCUT2D eigenvalue weighted by atomic mass is 19.4. The van der Waals surface area contributed by atoms with E-state index in [1.807, 2.05) is 24.3 Å². The lowest BCUT2D eigenvalue weighted by atomic mass is 9.86. The second kappa shape index (κ2) is 11.6. The molecule has 3 nitrogen and oxygen atoms in total. The zero-order chi connectivity index (χ0) is 31.9. The molecule has 0 saturated heterocycles. The number of rotatable bonds is 5. The number of anilines is 3. The standard InChI is InChI=1S/C38H38F3N3/c1-25-8-21-32(33(24-25)38(39,40)41)35-42-23-22-34(43-35)26-9-15-29(16-10-26)44(30-17-11-27(12-18-30)36(2,3)4)31-19-13-28(14-20-31)37(5,6)7/h8-24H,1-7H3. The predicted molar refractivity (Wildman–Crippen MR) is 175 cm³/mol. The number of aromatic nitrogens is 2. The molecule has 0 atom stereocenters. The molecule has 226 valence electrons. The van der Waals surface area contributed by atoms with Crippen LogP contribution in [-0.2, 0) is 17.0 Å². The van der Waals surface area contributed by atoms with Crippen LogP contribution < -0.4 is 4.90 Å². The van der Waals surface area contributed by atoms with Crippen LogP contribution >= 0.6 is 0 Å². The summed E-state index contributed by atoms with van der Waals surface area (Å²) in [6.07, 6.45) is -3.01. The molecule has 0 radical (unpaired) electrons. The van der Waals surface area contributed by atoms with Crippen LogP contribution in [0.25, 0.3) is 22.6 Å². The molecule has 0 saturated carbocycles. The van der Waals surface area contributed by atoms with E-state index >= 15 is 0 Å². The molecule has 0 fully saturated rings. The summed E-state index contributed by atoms with van der Waals surface area (Å²) in [6, 6.07) is 31.1. The van der Waals surface area contributed by atoms with E-state index in [1.165, 1.54) is 23.4 Å². The Labute approximate surface area is 258 Å². The number of hydrogen-bond donors (Lipinski definition) is 0. The van der Waals surface area contributed by atoms with E-state index in [1.54, 1.807) is 19.1 Å². The third kappa shape index (κ3) is 6.70. The maximum atomic E-state index is 13.8. The molecule has 0 unspecified atom stereocenters. The van der Waals surface area contributed by atoms with E-state index in [0.717, 1.165) is 28.7 Å². The number of nitrogens with zero attached hydrogens (tertiary/aromatic N) is 3. The van der Waals surface area contributed by atoms with Crippen molar-refractivity contribution in [2.24, 2.45) is 0 Å². The molecule has 0 aliphatic rings. The Morgan fingerprint density at radius 1 is 0.591 bits per heavy atom. The Kier molecular flexibility index (Phi) is 8.15. The lowest BCUT2D eigenvalue weighted by molar-refractivity contribution is -0.137. The summed E-state index contributed by atoms with van der Waals surface area (Å²) in [5.74, 6) is 0.0402. The van der Waals surface area contributed by atoms with Crippen molar-refractivity contribution in [3.63, 3.8) is 0 Å².